The Morgan fingerprint density at radius 1 is 0.758 bits per heavy atom. The highest BCUT2D eigenvalue weighted by molar-refractivity contribution is 5.25. The Morgan fingerprint density at radius 3 is 1.91 bits per heavy atom. The third-order valence-corrected chi connectivity index (χ3v) is 5.35. The van der Waals surface area contributed by atoms with Gasteiger partial charge in [-0.25, -0.2) is 0 Å². The second kappa shape index (κ2) is 12.9. The number of aliphatic hydroxyl groups excluding tert-OH is 8. The lowest BCUT2D eigenvalue weighted by Crippen LogP contribution is -2.64. The zero-order valence-electron chi connectivity index (χ0n) is 17.7. The van der Waals surface area contributed by atoms with E-state index in [0.717, 1.165) is 6.42 Å². The van der Waals surface area contributed by atoms with Gasteiger partial charge < -0.3 is 65.9 Å². The average Bonchev–Trinajstić information content (AvgIpc) is 2.81. The lowest BCUT2D eigenvalue weighted by molar-refractivity contribution is -0.355. The summed E-state index contributed by atoms with van der Waals surface area (Å²) in [4.78, 5) is 0. The van der Waals surface area contributed by atoms with E-state index in [-0.39, 0.29) is 0 Å². The standard InChI is InChI=1S/C12H22O11.C8H11NO/c13-1-3-5(15)6(16)9(19)12(22-3)23-10-4(2-14)21-11(20)8(18)7(10)17;9-6-5-7-1-3-8(10)4-2-7/h3-20H,1-2H2;1-4,10H,5-6,9H2/t3-,4-,5-,6+,7-,8-,9-,10-,11-,12+;/m1./s1. The molecule has 2 heterocycles. The Bertz CT molecular complexity index is 690. The van der Waals surface area contributed by atoms with Gasteiger partial charge in [0.2, 0.25) is 0 Å². The molecule has 0 saturated carbocycles. The van der Waals surface area contributed by atoms with Gasteiger partial charge >= 0.3 is 0 Å². The maximum atomic E-state index is 9.94. The van der Waals surface area contributed by atoms with Crippen LogP contribution in [0.3, 0.4) is 0 Å². The Morgan fingerprint density at radius 2 is 1.36 bits per heavy atom. The molecule has 1 aromatic carbocycles. The highest BCUT2D eigenvalue weighted by Gasteiger charge is 2.50. The maximum absolute atomic E-state index is 9.94. The number of benzene rings is 1. The first-order valence-electron chi connectivity index (χ1n) is 10.4. The van der Waals surface area contributed by atoms with Crippen molar-refractivity contribution in [2.24, 2.45) is 5.73 Å². The van der Waals surface area contributed by atoms with Crippen LogP contribution in [0.5, 0.6) is 5.75 Å². The Balaban J connectivity index is 0.000000321. The van der Waals surface area contributed by atoms with Crippen LogP contribution in [0.2, 0.25) is 0 Å². The molecule has 2 aliphatic rings. The van der Waals surface area contributed by atoms with Gasteiger partial charge in [0.25, 0.3) is 0 Å². The van der Waals surface area contributed by atoms with Gasteiger partial charge in [-0.1, -0.05) is 12.1 Å². The van der Waals surface area contributed by atoms with E-state index in [1.807, 2.05) is 12.1 Å². The van der Waals surface area contributed by atoms with Crippen molar-refractivity contribution in [2.75, 3.05) is 19.8 Å². The van der Waals surface area contributed by atoms with Crippen molar-refractivity contribution >= 4 is 0 Å². The van der Waals surface area contributed by atoms with E-state index < -0.39 is 74.6 Å². The summed E-state index contributed by atoms with van der Waals surface area (Å²) in [6.07, 6.45) is -14.7. The van der Waals surface area contributed by atoms with Crippen LogP contribution < -0.4 is 5.73 Å². The van der Waals surface area contributed by atoms with Gasteiger partial charge in [-0.05, 0) is 30.7 Å². The minimum atomic E-state index is -1.74. The van der Waals surface area contributed by atoms with Gasteiger partial charge in [-0.2, -0.15) is 0 Å². The van der Waals surface area contributed by atoms with E-state index in [9.17, 15) is 35.7 Å². The molecule has 0 radical (unpaired) electrons. The van der Waals surface area contributed by atoms with Crippen LogP contribution in [0, 0.1) is 0 Å². The zero-order valence-corrected chi connectivity index (χ0v) is 17.7. The fraction of sp³-hybridized carbons (Fsp3) is 0.700. The van der Waals surface area contributed by atoms with Crippen LogP contribution in [0.25, 0.3) is 0 Å². The van der Waals surface area contributed by atoms with Crippen molar-refractivity contribution in [3.8, 4) is 5.75 Å². The smallest absolute Gasteiger partial charge is 0.187 e. The number of aromatic hydroxyl groups is 1. The summed E-state index contributed by atoms with van der Waals surface area (Å²) in [6.45, 7) is -0.688. The molecule has 0 unspecified atom stereocenters. The van der Waals surface area contributed by atoms with Crippen LogP contribution in [-0.4, -0.2) is 127 Å². The van der Waals surface area contributed by atoms with Crippen LogP contribution in [0.1, 0.15) is 5.56 Å². The highest BCUT2D eigenvalue weighted by Crippen LogP contribution is 2.28. The van der Waals surface area contributed by atoms with Gasteiger partial charge in [-0.3, -0.25) is 0 Å². The lowest BCUT2D eigenvalue weighted by Gasteiger charge is -2.45. The van der Waals surface area contributed by atoms with E-state index >= 15 is 0 Å². The summed E-state index contributed by atoms with van der Waals surface area (Å²) in [6, 6.07) is 7.10. The maximum Gasteiger partial charge on any atom is 0.187 e. The Labute approximate surface area is 189 Å². The predicted molar refractivity (Wildman–Crippen MR) is 109 cm³/mol. The van der Waals surface area contributed by atoms with Crippen LogP contribution >= 0.6 is 0 Å². The molecule has 0 spiro atoms. The first-order chi connectivity index (χ1) is 15.6. The molecule has 0 amide bonds. The first kappa shape index (κ1) is 27.8. The van der Waals surface area contributed by atoms with E-state index in [2.05, 4.69) is 0 Å². The number of hydrogen-bond acceptors (Lipinski definition) is 13. The van der Waals surface area contributed by atoms with Crippen molar-refractivity contribution < 1.29 is 60.2 Å². The van der Waals surface area contributed by atoms with E-state index in [0.29, 0.717) is 12.3 Å². The zero-order chi connectivity index (χ0) is 24.7. The molecule has 2 fully saturated rings. The molecule has 33 heavy (non-hydrogen) atoms. The topological polar surface area (TPSA) is 236 Å². The molecular formula is C20H33NO12. The molecule has 3 rings (SSSR count). The normalized spacial score (nSPS) is 38.9. The Kier molecular flexibility index (Phi) is 10.8. The molecule has 0 aromatic heterocycles. The van der Waals surface area contributed by atoms with Crippen molar-refractivity contribution in [2.45, 2.75) is 67.8 Å². The summed E-state index contributed by atoms with van der Waals surface area (Å²) in [5.74, 6) is 0.306. The van der Waals surface area contributed by atoms with Gasteiger partial charge in [0.1, 0.15) is 54.6 Å². The van der Waals surface area contributed by atoms with Crippen molar-refractivity contribution in [3.05, 3.63) is 29.8 Å². The quantitative estimate of drug-likeness (QED) is 0.185. The van der Waals surface area contributed by atoms with Gasteiger partial charge in [0, 0.05) is 0 Å². The monoisotopic (exact) mass is 479 g/mol. The van der Waals surface area contributed by atoms with Crippen molar-refractivity contribution in [3.63, 3.8) is 0 Å². The summed E-state index contributed by atoms with van der Waals surface area (Å²) >= 11 is 0. The number of aliphatic hydroxyl groups is 8. The molecule has 1 aromatic rings. The molecule has 0 aliphatic carbocycles. The first-order valence-corrected chi connectivity index (χ1v) is 10.4. The third-order valence-electron chi connectivity index (χ3n) is 5.35. The minimum Gasteiger partial charge on any atom is -0.508 e. The average molecular weight is 479 g/mol. The highest BCUT2D eigenvalue weighted by atomic mass is 16.7. The fourth-order valence-corrected chi connectivity index (χ4v) is 3.40. The third kappa shape index (κ3) is 7.02. The van der Waals surface area contributed by atoms with Gasteiger partial charge in [0.05, 0.1) is 13.2 Å². The predicted octanol–water partition coefficient (Wildman–Crippen LogP) is -4.50. The summed E-state index contributed by atoms with van der Waals surface area (Å²) < 4.78 is 15.3. The van der Waals surface area contributed by atoms with Crippen LogP contribution in [0.4, 0.5) is 0 Å². The van der Waals surface area contributed by atoms with E-state index in [4.69, 9.17) is 30.2 Å². The molecule has 2 aliphatic heterocycles. The summed E-state index contributed by atoms with van der Waals surface area (Å²) in [5.41, 5.74) is 6.50. The van der Waals surface area contributed by atoms with E-state index in [1.54, 1.807) is 12.1 Å². The number of hydrogen-bond donors (Lipinski definition) is 10. The summed E-state index contributed by atoms with van der Waals surface area (Å²) in [5, 5.41) is 85.4. The molecule has 11 N–H and O–H groups in total. The second-order valence-electron chi connectivity index (χ2n) is 7.73. The fourth-order valence-electron chi connectivity index (χ4n) is 3.40. The van der Waals surface area contributed by atoms with Crippen LogP contribution in [-0.2, 0) is 20.6 Å². The van der Waals surface area contributed by atoms with Gasteiger partial charge in [0.15, 0.2) is 12.6 Å². The number of ether oxygens (including phenoxy) is 3. The van der Waals surface area contributed by atoms with Crippen molar-refractivity contribution in [1.29, 1.82) is 0 Å². The molecular weight excluding hydrogens is 446 g/mol. The molecule has 0 bridgehead atoms. The molecule has 190 valence electrons. The number of phenols is 1. The van der Waals surface area contributed by atoms with Crippen LogP contribution in [0.15, 0.2) is 24.3 Å². The molecule has 2 saturated heterocycles. The SMILES string of the molecule is NCCc1ccc(O)cc1.OC[C@H]1O[C@@H](O[C@H]2[C@H](O)[C@@H](O)[C@H](O)O[C@@H]2CO)[C@H](O)[C@@H](O)[C@@H]1O. The molecule has 13 nitrogen and oxygen atoms in total. The number of rotatable bonds is 6. The molecule has 13 heteroatoms. The summed E-state index contributed by atoms with van der Waals surface area (Å²) in [7, 11) is 0. The number of phenolic OH excluding ortho intramolecular Hbond substituents is 1. The minimum absolute atomic E-state index is 0.306. The van der Waals surface area contributed by atoms with Crippen molar-refractivity contribution in [1.82, 2.24) is 0 Å². The van der Waals surface area contributed by atoms with Gasteiger partial charge in [-0.15, -0.1) is 0 Å². The Hall–Kier alpha value is -1.46. The number of nitrogens with two attached hydrogens (primary N) is 1. The lowest BCUT2D eigenvalue weighted by atomic mass is 9.97. The molecule has 10 atom stereocenters. The largest absolute Gasteiger partial charge is 0.508 e. The second-order valence-corrected chi connectivity index (χ2v) is 7.73. The van der Waals surface area contributed by atoms with E-state index in [1.165, 1.54) is 5.56 Å².